The van der Waals surface area contributed by atoms with Crippen molar-refractivity contribution in [1.82, 2.24) is 0 Å². The van der Waals surface area contributed by atoms with Gasteiger partial charge < -0.3 is 20.1 Å². The molecule has 2 N–H and O–H groups in total. The van der Waals surface area contributed by atoms with Gasteiger partial charge in [0.05, 0.1) is 17.7 Å². The molecule has 0 radical (unpaired) electrons. The lowest BCUT2D eigenvalue weighted by molar-refractivity contribution is -0.119. The van der Waals surface area contributed by atoms with Crippen molar-refractivity contribution in [3.05, 3.63) is 59.7 Å². The molecule has 8 nitrogen and oxygen atoms in total. The van der Waals surface area contributed by atoms with E-state index in [4.69, 9.17) is 9.47 Å². The molecular formula is C32H44N2O6. The predicted molar refractivity (Wildman–Crippen MR) is 157 cm³/mol. The number of ether oxygens (including phenoxy) is 2. The third kappa shape index (κ3) is 13.4. The number of hydrogen-bond donors (Lipinski definition) is 2. The molecule has 2 aromatic rings. The molecule has 0 saturated heterocycles. The Labute approximate surface area is 238 Å². The van der Waals surface area contributed by atoms with E-state index in [2.05, 4.69) is 17.6 Å². The molecule has 2 aromatic carbocycles. The third-order valence-electron chi connectivity index (χ3n) is 6.18. The number of nitrogens with one attached hydrogen (secondary N) is 2. The maximum atomic E-state index is 12.5. The Morgan fingerprint density at radius 1 is 0.675 bits per heavy atom. The Morgan fingerprint density at radius 3 is 1.93 bits per heavy atom. The highest BCUT2D eigenvalue weighted by molar-refractivity contribution is 5.97. The van der Waals surface area contributed by atoms with E-state index in [-0.39, 0.29) is 17.4 Å². The standard InChI is InChI=1S/C32H44N2O6/c1-4-5-6-7-8-9-10-11-12-16-29(35)34-28-15-13-14-26(21-28)32(38)40-23-30(36)33-27-19-17-25(18-20-27)31(37)39-22-24(2)3/h13-15,17-21,24H,4-12,16,22-23H2,1-3H3,(H,33,36)(H,34,35). The fourth-order valence-electron chi connectivity index (χ4n) is 3.97. The maximum Gasteiger partial charge on any atom is 0.338 e. The van der Waals surface area contributed by atoms with Gasteiger partial charge in [-0.3, -0.25) is 9.59 Å². The molecule has 0 aromatic heterocycles. The zero-order valence-electron chi connectivity index (χ0n) is 24.1. The summed E-state index contributed by atoms with van der Waals surface area (Å²) in [5.41, 5.74) is 1.58. The van der Waals surface area contributed by atoms with Gasteiger partial charge in [-0.1, -0.05) is 78.2 Å². The van der Waals surface area contributed by atoms with Crippen LogP contribution in [0.25, 0.3) is 0 Å². The van der Waals surface area contributed by atoms with Crippen molar-refractivity contribution in [2.75, 3.05) is 23.8 Å². The van der Waals surface area contributed by atoms with Crippen LogP contribution in [0.2, 0.25) is 0 Å². The zero-order valence-corrected chi connectivity index (χ0v) is 24.1. The average Bonchev–Trinajstić information content (AvgIpc) is 2.94. The minimum atomic E-state index is -0.673. The first-order valence-corrected chi connectivity index (χ1v) is 14.4. The van der Waals surface area contributed by atoms with Crippen LogP contribution in [-0.2, 0) is 19.1 Å². The highest BCUT2D eigenvalue weighted by Gasteiger charge is 2.13. The summed E-state index contributed by atoms with van der Waals surface area (Å²) in [6, 6.07) is 12.7. The topological polar surface area (TPSA) is 111 Å². The van der Waals surface area contributed by atoms with Crippen LogP contribution in [0.5, 0.6) is 0 Å². The van der Waals surface area contributed by atoms with Crippen LogP contribution in [-0.4, -0.2) is 37.0 Å². The summed E-state index contributed by atoms with van der Waals surface area (Å²) in [6.45, 7) is 5.97. The molecule has 0 fully saturated rings. The molecule has 0 aliphatic heterocycles. The van der Waals surface area contributed by atoms with Crippen LogP contribution in [0.3, 0.4) is 0 Å². The summed E-state index contributed by atoms with van der Waals surface area (Å²) in [5, 5.41) is 5.45. The molecule has 0 atom stereocenters. The fraction of sp³-hybridized carbons (Fsp3) is 0.500. The zero-order chi connectivity index (χ0) is 29.2. The minimum Gasteiger partial charge on any atom is -0.462 e. The number of carbonyl (C=O) groups excluding carboxylic acids is 4. The van der Waals surface area contributed by atoms with E-state index >= 15 is 0 Å². The van der Waals surface area contributed by atoms with Crippen molar-refractivity contribution in [3.8, 4) is 0 Å². The normalized spacial score (nSPS) is 10.7. The van der Waals surface area contributed by atoms with Crippen molar-refractivity contribution in [1.29, 1.82) is 0 Å². The van der Waals surface area contributed by atoms with E-state index in [1.165, 1.54) is 44.6 Å². The van der Waals surface area contributed by atoms with Crippen LogP contribution in [0.15, 0.2) is 48.5 Å². The number of anilines is 2. The highest BCUT2D eigenvalue weighted by atomic mass is 16.5. The Morgan fingerprint density at radius 2 is 1.27 bits per heavy atom. The van der Waals surface area contributed by atoms with E-state index in [1.54, 1.807) is 42.5 Å². The van der Waals surface area contributed by atoms with Gasteiger partial charge in [0.25, 0.3) is 5.91 Å². The van der Waals surface area contributed by atoms with Crippen LogP contribution in [0, 0.1) is 5.92 Å². The Kier molecular flexibility index (Phi) is 15.1. The lowest BCUT2D eigenvalue weighted by Gasteiger charge is -2.10. The molecule has 0 bridgehead atoms. The highest BCUT2D eigenvalue weighted by Crippen LogP contribution is 2.15. The second kappa shape index (κ2) is 18.6. The quantitative estimate of drug-likeness (QED) is 0.150. The van der Waals surface area contributed by atoms with E-state index in [0.717, 1.165) is 19.3 Å². The van der Waals surface area contributed by atoms with Crippen molar-refractivity contribution in [2.45, 2.75) is 85.0 Å². The minimum absolute atomic E-state index is 0.0907. The number of unbranched alkanes of at least 4 members (excludes halogenated alkanes) is 8. The lowest BCUT2D eigenvalue weighted by Crippen LogP contribution is -2.21. The molecule has 0 aliphatic rings. The van der Waals surface area contributed by atoms with Gasteiger partial charge in [0.2, 0.25) is 5.91 Å². The number of rotatable bonds is 18. The summed E-state index contributed by atoms with van der Waals surface area (Å²) in [6.07, 6.45) is 11.1. The third-order valence-corrected chi connectivity index (χ3v) is 6.18. The van der Waals surface area contributed by atoms with Crippen LogP contribution in [0.4, 0.5) is 11.4 Å². The average molecular weight is 553 g/mol. The smallest absolute Gasteiger partial charge is 0.338 e. The molecule has 2 amide bonds. The Hall–Kier alpha value is -3.68. The van der Waals surface area contributed by atoms with Gasteiger partial charge in [0.15, 0.2) is 6.61 Å². The molecule has 0 aliphatic carbocycles. The van der Waals surface area contributed by atoms with Crippen LogP contribution in [0.1, 0.15) is 106 Å². The van der Waals surface area contributed by atoms with Crippen molar-refractivity contribution in [3.63, 3.8) is 0 Å². The van der Waals surface area contributed by atoms with Gasteiger partial charge in [0.1, 0.15) is 0 Å². The summed E-state index contributed by atoms with van der Waals surface area (Å²) >= 11 is 0. The number of esters is 2. The van der Waals surface area contributed by atoms with Gasteiger partial charge in [-0.2, -0.15) is 0 Å². The van der Waals surface area contributed by atoms with E-state index in [0.29, 0.717) is 30.0 Å². The molecule has 8 heteroatoms. The number of benzene rings is 2. The van der Waals surface area contributed by atoms with Gasteiger partial charge >= 0.3 is 11.9 Å². The molecule has 2 rings (SSSR count). The van der Waals surface area contributed by atoms with Gasteiger partial charge in [-0.25, -0.2) is 9.59 Å². The van der Waals surface area contributed by atoms with E-state index in [1.807, 2.05) is 13.8 Å². The van der Waals surface area contributed by atoms with Crippen molar-refractivity contribution < 1.29 is 28.7 Å². The van der Waals surface area contributed by atoms with Gasteiger partial charge in [-0.15, -0.1) is 0 Å². The monoisotopic (exact) mass is 552 g/mol. The second-order valence-corrected chi connectivity index (χ2v) is 10.4. The van der Waals surface area contributed by atoms with Crippen molar-refractivity contribution >= 4 is 35.1 Å². The fourth-order valence-corrected chi connectivity index (χ4v) is 3.97. The van der Waals surface area contributed by atoms with Gasteiger partial charge in [-0.05, 0) is 54.8 Å². The lowest BCUT2D eigenvalue weighted by atomic mass is 10.1. The van der Waals surface area contributed by atoms with E-state index in [9.17, 15) is 19.2 Å². The first-order valence-electron chi connectivity index (χ1n) is 14.4. The Bertz CT molecular complexity index is 1080. The molecule has 0 spiro atoms. The number of hydrogen-bond acceptors (Lipinski definition) is 6. The van der Waals surface area contributed by atoms with Crippen molar-refractivity contribution in [2.24, 2.45) is 5.92 Å². The predicted octanol–water partition coefficient (Wildman–Crippen LogP) is 7.15. The van der Waals surface area contributed by atoms with Crippen LogP contribution >= 0.6 is 0 Å². The molecule has 0 unspecified atom stereocenters. The first kappa shape index (κ1) is 32.5. The molecule has 0 saturated carbocycles. The number of amides is 2. The molecule has 218 valence electrons. The SMILES string of the molecule is CCCCCCCCCCCC(=O)Nc1cccc(C(=O)OCC(=O)Nc2ccc(C(=O)OCC(C)C)cc2)c1. The largest absolute Gasteiger partial charge is 0.462 e. The molecular weight excluding hydrogens is 508 g/mol. The molecule has 0 heterocycles. The summed E-state index contributed by atoms with van der Waals surface area (Å²) < 4.78 is 10.3. The number of carbonyl (C=O) groups is 4. The Balaban J connectivity index is 1.70. The van der Waals surface area contributed by atoms with E-state index < -0.39 is 24.5 Å². The van der Waals surface area contributed by atoms with Gasteiger partial charge in [0, 0.05) is 17.8 Å². The summed E-state index contributed by atoms with van der Waals surface area (Å²) in [5.74, 6) is -1.47. The molecule has 40 heavy (non-hydrogen) atoms. The maximum absolute atomic E-state index is 12.5. The first-order chi connectivity index (χ1) is 19.3. The van der Waals surface area contributed by atoms with Crippen LogP contribution < -0.4 is 10.6 Å². The second-order valence-electron chi connectivity index (χ2n) is 10.4. The summed E-state index contributed by atoms with van der Waals surface area (Å²) in [7, 11) is 0. The summed E-state index contributed by atoms with van der Waals surface area (Å²) in [4.78, 5) is 49.0.